The molecule has 1 atom stereocenters. The summed E-state index contributed by atoms with van der Waals surface area (Å²) in [6.07, 6.45) is 0.246. The highest BCUT2D eigenvalue weighted by molar-refractivity contribution is 6.04. The van der Waals surface area contributed by atoms with Gasteiger partial charge in [-0.25, -0.2) is 4.68 Å². The van der Waals surface area contributed by atoms with Crippen molar-refractivity contribution in [3.63, 3.8) is 0 Å². The van der Waals surface area contributed by atoms with Crippen LogP contribution in [0, 0.1) is 0 Å². The topological polar surface area (TPSA) is 107 Å². The van der Waals surface area contributed by atoms with Crippen molar-refractivity contribution in [1.82, 2.24) is 14.8 Å². The summed E-state index contributed by atoms with van der Waals surface area (Å²) in [5, 5.41) is 9.74. The van der Waals surface area contributed by atoms with Gasteiger partial charge in [0.1, 0.15) is 0 Å². The average molecular weight is 377 g/mol. The zero-order chi connectivity index (χ0) is 19.1. The van der Waals surface area contributed by atoms with E-state index in [2.05, 4.69) is 20.7 Å². The Balaban J connectivity index is 1.42. The number of hydrogen-bond donors (Lipinski definition) is 2. The number of carbonyl (C=O) groups excluding carboxylic acids is 2. The van der Waals surface area contributed by atoms with Crippen molar-refractivity contribution in [2.24, 2.45) is 0 Å². The van der Waals surface area contributed by atoms with Crippen molar-refractivity contribution in [3.8, 4) is 11.5 Å². The number of nitrogens with zero attached hydrogens (tertiary/aromatic N) is 3. The highest BCUT2D eigenvalue weighted by atomic mass is 16.7. The van der Waals surface area contributed by atoms with Crippen LogP contribution in [0.1, 0.15) is 28.4 Å². The van der Waals surface area contributed by atoms with E-state index in [1.807, 2.05) is 30.3 Å². The number of anilines is 2. The van der Waals surface area contributed by atoms with Crippen molar-refractivity contribution in [1.29, 1.82) is 0 Å². The average Bonchev–Trinajstić information content (AvgIpc) is 3.33. The van der Waals surface area contributed by atoms with Gasteiger partial charge in [-0.05, 0) is 23.8 Å². The molecule has 28 heavy (non-hydrogen) atoms. The first-order valence-corrected chi connectivity index (χ1v) is 8.70. The Kier molecular flexibility index (Phi) is 3.71. The van der Waals surface area contributed by atoms with Crippen LogP contribution < -0.4 is 20.1 Å². The number of carbonyl (C=O) groups is 2. The van der Waals surface area contributed by atoms with E-state index in [4.69, 9.17) is 9.47 Å². The largest absolute Gasteiger partial charge is 0.454 e. The van der Waals surface area contributed by atoms with Gasteiger partial charge in [-0.3, -0.25) is 20.2 Å². The van der Waals surface area contributed by atoms with Crippen LogP contribution in [0.3, 0.4) is 0 Å². The number of ether oxygens (including phenoxy) is 2. The van der Waals surface area contributed by atoms with E-state index < -0.39 is 0 Å². The molecule has 2 N–H and O–H groups in total. The highest BCUT2D eigenvalue weighted by Gasteiger charge is 2.29. The minimum Gasteiger partial charge on any atom is -0.454 e. The molecule has 3 heterocycles. The summed E-state index contributed by atoms with van der Waals surface area (Å²) >= 11 is 0. The number of amides is 2. The van der Waals surface area contributed by atoms with Crippen molar-refractivity contribution in [2.45, 2.75) is 12.5 Å². The summed E-state index contributed by atoms with van der Waals surface area (Å²) in [5.41, 5.74) is 1.33. The van der Waals surface area contributed by atoms with E-state index in [9.17, 15) is 9.59 Å². The van der Waals surface area contributed by atoms with E-state index >= 15 is 0 Å². The lowest BCUT2D eigenvalue weighted by Crippen LogP contribution is -2.29. The van der Waals surface area contributed by atoms with Gasteiger partial charge in [0.15, 0.2) is 11.5 Å². The van der Waals surface area contributed by atoms with Gasteiger partial charge in [0.05, 0.1) is 12.5 Å². The number of rotatable bonds is 3. The first-order chi connectivity index (χ1) is 13.7. The Morgan fingerprint density at radius 3 is 2.82 bits per heavy atom. The maximum Gasteiger partial charge on any atom is 0.258 e. The fourth-order valence-corrected chi connectivity index (χ4v) is 3.26. The zero-order valence-electron chi connectivity index (χ0n) is 14.6. The predicted molar refractivity (Wildman–Crippen MR) is 98.4 cm³/mol. The fourth-order valence-electron chi connectivity index (χ4n) is 3.26. The van der Waals surface area contributed by atoms with Crippen LogP contribution in [0.5, 0.6) is 11.5 Å². The molecule has 0 spiro atoms. The molecule has 0 bridgehead atoms. The molecule has 0 aliphatic carbocycles. The second kappa shape index (κ2) is 6.38. The molecule has 0 saturated carbocycles. The summed E-state index contributed by atoms with van der Waals surface area (Å²) < 4.78 is 12.2. The third-order valence-electron chi connectivity index (χ3n) is 4.60. The Morgan fingerprint density at radius 2 is 1.96 bits per heavy atom. The number of aromatic nitrogens is 3. The Bertz CT molecular complexity index is 1080. The summed E-state index contributed by atoms with van der Waals surface area (Å²) in [7, 11) is 0. The fraction of sp³-hybridized carbons (Fsp3) is 0.158. The van der Waals surface area contributed by atoms with Crippen LogP contribution in [0.25, 0.3) is 0 Å². The molecule has 0 unspecified atom stereocenters. The Hall–Kier alpha value is -3.88. The van der Waals surface area contributed by atoms with E-state index in [1.54, 1.807) is 22.9 Å². The minimum absolute atomic E-state index is 0.112. The third-order valence-corrected chi connectivity index (χ3v) is 4.60. The monoisotopic (exact) mass is 377 g/mol. The molecule has 0 fully saturated rings. The molecule has 2 amide bonds. The Morgan fingerprint density at radius 1 is 1.14 bits per heavy atom. The number of fused-ring (bicyclic) bond motifs is 2. The second-order valence-corrected chi connectivity index (χ2v) is 6.40. The van der Waals surface area contributed by atoms with Crippen molar-refractivity contribution in [3.05, 3.63) is 59.7 Å². The van der Waals surface area contributed by atoms with E-state index in [0.717, 1.165) is 5.56 Å². The molecule has 2 aliphatic rings. The molecule has 5 rings (SSSR count). The van der Waals surface area contributed by atoms with Crippen molar-refractivity contribution in [2.75, 3.05) is 17.4 Å². The second-order valence-electron chi connectivity index (χ2n) is 6.40. The quantitative estimate of drug-likeness (QED) is 0.725. The molecule has 2 aromatic carbocycles. The lowest BCUT2D eigenvalue weighted by atomic mass is 10.0. The van der Waals surface area contributed by atoms with Gasteiger partial charge in [-0.15, -0.1) is 5.10 Å². The summed E-state index contributed by atoms with van der Waals surface area (Å²) in [6, 6.07) is 14.2. The van der Waals surface area contributed by atoms with Gasteiger partial charge < -0.3 is 9.47 Å². The van der Waals surface area contributed by atoms with E-state index in [1.165, 1.54) is 0 Å². The van der Waals surface area contributed by atoms with E-state index in [0.29, 0.717) is 23.0 Å². The number of benzene rings is 2. The van der Waals surface area contributed by atoms with E-state index in [-0.39, 0.29) is 37.0 Å². The molecular formula is C19H15N5O4. The SMILES string of the molecule is O=C1C[C@@H](c2ccccc2)n2nc(NC(=O)c3ccc4c(c3)OCO4)nc2N1. The third kappa shape index (κ3) is 2.82. The summed E-state index contributed by atoms with van der Waals surface area (Å²) in [5.74, 6) is 0.986. The molecule has 3 aromatic rings. The molecule has 0 saturated heterocycles. The van der Waals surface area contributed by atoms with Crippen molar-refractivity contribution >= 4 is 23.7 Å². The van der Waals surface area contributed by atoms with Crippen LogP contribution in [0.4, 0.5) is 11.9 Å². The number of hydrogen-bond acceptors (Lipinski definition) is 6. The van der Waals surface area contributed by atoms with Gasteiger partial charge >= 0.3 is 0 Å². The molecule has 1 aromatic heterocycles. The molecular weight excluding hydrogens is 362 g/mol. The zero-order valence-corrected chi connectivity index (χ0v) is 14.6. The van der Waals surface area contributed by atoms with Crippen LogP contribution in [0.15, 0.2) is 48.5 Å². The van der Waals surface area contributed by atoms with Gasteiger partial charge in [-0.1, -0.05) is 30.3 Å². The van der Waals surface area contributed by atoms with Crippen LogP contribution >= 0.6 is 0 Å². The normalized spacial score (nSPS) is 17.0. The summed E-state index contributed by atoms with van der Waals surface area (Å²) in [6.45, 7) is 0.135. The molecule has 9 nitrogen and oxygen atoms in total. The van der Waals surface area contributed by atoms with Gasteiger partial charge in [0.2, 0.25) is 18.6 Å². The smallest absolute Gasteiger partial charge is 0.258 e. The Labute approximate surface area is 159 Å². The number of nitrogens with one attached hydrogen (secondary N) is 2. The molecule has 0 radical (unpaired) electrons. The molecule has 2 aliphatic heterocycles. The lowest BCUT2D eigenvalue weighted by molar-refractivity contribution is -0.117. The maximum atomic E-state index is 12.6. The van der Waals surface area contributed by atoms with Crippen molar-refractivity contribution < 1.29 is 19.1 Å². The van der Waals surface area contributed by atoms with Crippen LogP contribution in [-0.2, 0) is 4.79 Å². The van der Waals surface area contributed by atoms with Crippen LogP contribution in [-0.4, -0.2) is 33.4 Å². The maximum absolute atomic E-state index is 12.6. The summed E-state index contributed by atoms with van der Waals surface area (Å²) in [4.78, 5) is 28.9. The first-order valence-electron chi connectivity index (χ1n) is 8.70. The van der Waals surface area contributed by atoms with Gasteiger partial charge in [0, 0.05) is 5.56 Å². The first kappa shape index (κ1) is 16.3. The van der Waals surface area contributed by atoms with Gasteiger partial charge in [-0.2, -0.15) is 4.98 Å². The standard InChI is InChI=1S/C19H15N5O4/c25-16-9-13(11-4-2-1-3-5-11)24-19(20-16)22-18(23-24)21-17(26)12-6-7-14-15(8-12)28-10-27-14/h1-8,13H,9-10H2,(H2,20,21,22,23,25,26)/t13-/m0/s1. The van der Waals surface area contributed by atoms with Crippen LogP contribution in [0.2, 0.25) is 0 Å². The molecule has 140 valence electrons. The lowest BCUT2D eigenvalue weighted by Gasteiger charge is -2.23. The van der Waals surface area contributed by atoms with Gasteiger partial charge in [0.25, 0.3) is 11.9 Å². The minimum atomic E-state index is -0.385. The molecule has 9 heteroatoms. The predicted octanol–water partition coefficient (Wildman–Crippen LogP) is 2.19. The highest BCUT2D eigenvalue weighted by Crippen LogP contribution is 2.33.